The molecule has 120 valence electrons. The molecule has 1 aromatic heterocycles. The molecule has 3 aromatic rings. The monoisotopic (exact) mass is 314 g/mol. The average molecular weight is 314 g/mol. The van der Waals surface area contributed by atoms with Gasteiger partial charge in [-0.1, -0.05) is 0 Å². The van der Waals surface area contributed by atoms with Gasteiger partial charge in [-0.3, -0.25) is 0 Å². The predicted molar refractivity (Wildman–Crippen MR) is 88.0 cm³/mol. The van der Waals surface area contributed by atoms with Gasteiger partial charge in [-0.25, -0.2) is 0 Å². The molecule has 0 saturated heterocycles. The topological polar surface area (TPSA) is 112 Å². The fraction of sp³-hybridized carbons (Fsp3) is 0.176. The Morgan fingerprint density at radius 2 is 1.87 bits per heavy atom. The maximum atomic E-state index is 10.0. The van der Waals surface area contributed by atoms with Gasteiger partial charge in [-0.05, 0) is 42.8 Å². The Balaban J connectivity index is 2.26. The first-order valence-electron chi connectivity index (χ1n) is 7.19. The second kappa shape index (κ2) is 5.73. The number of benzene rings is 2. The van der Waals surface area contributed by atoms with Gasteiger partial charge < -0.3 is 30.8 Å². The van der Waals surface area contributed by atoms with Crippen LogP contribution in [0.1, 0.15) is 5.56 Å². The van der Waals surface area contributed by atoms with Gasteiger partial charge in [0, 0.05) is 22.7 Å². The third kappa shape index (κ3) is 2.53. The van der Waals surface area contributed by atoms with Crippen molar-refractivity contribution in [1.82, 2.24) is 4.98 Å². The molecule has 0 bridgehead atoms. The Bertz CT molecular complexity index is 871. The lowest BCUT2D eigenvalue weighted by Gasteiger charge is -2.07. The normalized spacial score (nSPS) is 11.0. The summed E-state index contributed by atoms with van der Waals surface area (Å²) in [4.78, 5) is 3.16. The van der Waals surface area contributed by atoms with E-state index >= 15 is 0 Å². The fourth-order valence-corrected chi connectivity index (χ4v) is 2.81. The SMILES string of the molecule is COc1ccc(-c2[nH]c3c(O)cc(O)cc3c2CCN)cc1O. The Morgan fingerprint density at radius 3 is 2.52 bits per heavy atom. The molecule has 0 aliphatic heterocycles. The van der Waals surface area contributed by atoms with Gasteiger partial charge in [-0.2, -0.15) is 0 Å². The van der Waals surface area contributed by atoms with E-state index in [0.717, 1.165) is 16.8 Å². The van der Waals surface area contributed by atoms with Crippen LogP contribution >= 0.6 is 0 Å². The van der Waals surface area contributed by atoms with Crippen LogP contribution in [-0.2, 0) is 6.42 Å². The molecule has 6 heteroatoms. The number of hydrogen-bond acceptors (Lipinski definition) is 5. The molecule has 2 aromatic carbocycles. The summed E-state index contributed by atoms with van der Waals surface area (Å²) in [5, 5.41) is 30.5. The van der Waals surface area contributed by atoms with Gasteiger partial charge in [0.15, 0.2) is 11.5 Å². The highest BCUT2D eigenvalue weighted by molar-refractivity contribution is 5.95. The number of hydrogen-bond donors (Lipinski definition) is 5. The maximum Gasteiger partial charge on any atom is 0.160 e. The Morgan fingerprint density at radius 1 is 1.09 bits per heavy atom. The van der Waals surface area contributed by atoms with E-state index in [1.165, 1.54) is 13.2 Å². The number of methoxy groups -OCH3 is 1. The predicted octanol–water partition coefficient (Wildman–Crippen LogP) is 2.46. The highest BCUT2D eigenvalue weighted by atomic mass is 16.5. The molecule has 1 heterocycles. The number of ether oxygens (including phenoxy) is 1. The molecular weight excluding hydrogens is 296 g/mol. The van der Waals surface area contributed by atoms with Gasteiger partial charge in [0.1, 0.15) is 11.5 Å². The number of fused-ring (bicyclic) bond motifs is 1. The third-order valence-electron chi connectivity index (χ3n) is 3.84. The van der Waals surface area contributed by atoms with E-state index in [2.05, 4.69) is 4.98 Å². The van der Waals surface area contributed by atoms with Crippen molar-refractivity contribution in [2.24, 2.45) is 5.73 Å². The van der Waals surface area contributed by atoms with Crippen LogP contribution in [0.5, 0.6) is 23.0 Å². The van der Waals surface area contributed by atoms with Gasteiger partial charge >= 0.3 is 0 Å². The van der Waals surface area contributed by atoms with Crippen molar-refractivity contribution in [1.29, 1.82) is 0 Å². The van der Waals surface area contributed by atoms with E-state index in [0.29, 0.717) is 29.6 Å². The number of H-pyrrole nitrogens is 1. The molecule has 0 radical (unpaired) electrons. The summed E-state index contributed by atoms with van der Waals surface area (Å²) >= 11 is 0. The second-order valence-electron chi connectivity index (χ2n) is 5.29. The van der Waals surface area contributed by atoms with Crippen molar-refractivity contribution in [3.8, 4) is 34.3 Å². The van der Waals surface area contributed by atoms with Gasteiger partial charge in [0.05, 0.1) is 12.6 Å². The lowest BCUT2D eigenvalue weighted by Crippen LogP contribution is -2.03. The van der Waals surface area contributed by atoms with Crippen LogP contribution in [0.25, 0.3) is 22.2 Å². The van der Waals surface area contributed by atoms with Crippen LogP contribution in [0.4, 0.5) is 0 Å². The molecule has 0 aliphatic carbocycles. The smallest absolute Gasteiger partial charge is 0.160 e. The van der Waals surface area contributed by atoms with Crippen molar-refractivity contribution < 1.29 is 20.1 Å². The van der Waals surface area contributed by atoms with Crippen molar-refractivity contribution >= 4 is 10.9 Å². The minimum Gasteiger partial charge on any atom is -0.508 e. The summed E-state index contributed by atoms with van der Waals surface area (Å²) in [6.45, 7) is 0.415. The van der Waals surface area contributed by atoms with Gasteiger partial charge in [-0.15, -0.1) is 0 Å². The highest BCUT2D eigenvalue weighted by Gasteiger charge is 2.17. The number of phenolic OH excluding ortho intramolecular Hbond substituents is 3. The molecule has 0 aliphatic rings. The number of nitrogens with one attached hydrogen (secondary N) is 1. The third-order valence-corrected chi connectivity index (χ3v) is 3.84. The molecule has 3 rings (SSSR count). The van der Waals surface area contributed by atoms with E-state index in [9.17, 15) is 15.3 Å². The number of aromatic nitrogens is 1. The van der Waals surface area contributed by atoms with E-state index < -0.39 is 0 Å². The molecule has 0 spiro atoms. The van der Waals surface area contributed by atoms with Crippen molar-refractivity contribution in [3.63, 3.8) is 0 Å². The van der Waals surface area contributed by atoms with E-state index in [-0.39, 0.29) is 17.2 Å². The molecule has 23 heavy (non-hydrogen) atoms. The fourth-order valence-electron chi connectivity index (χ4n) is 2.81. The summed E-state index contributed by atoms with van der Waals surface area (Å²) in [5.41, 5.74) is 8.58. The van der Waals surface area contributed by atoms with Crippen LogP contribution in [0.15, 0.2) is 30.3 Å². The standard InChI is InChI=1S/C17H18N2O4/c1-23-15-3-2-9(6-13(15)21)16-11(4-5-18)12-7-10(20)8-14(22)17(12)19-16/h2-3,6-8,19-22H,4-5,18H2,1H3. The van der Waals surface area contributed by atoms with E-state index in [1.54, 1.807) is 24.3 Å². The minimum atomic E-state index is -0.0396. The first-order chi connectivity index (χ1) is 11.0. The molecular formula is C17H18N2O4. The van der Waals surface area contributed by atoms with Crippen molar-refractivity contribution in [2.75, 3.05) is 13.7 Å². The molecule has 0 saturated carbocycles. The quantitative estimate of drug-likeness (QED) is 0.508. The number of phenols is 3. The maximum absolute atomic E-state index is 10.0. The van der Waals surface area contributed by atoms with Gasteiger partial charge in [0.2, 0.25) is 0 Å². The van der Waals surface area contributed by atoms with Gasteiger partial charge in [0.25, 0.3) is 0 Å². The molecule has 0 fully saturated rings. The number of nitrogens with two attached hydrogens (primary N) is 1. The summed E-state index contributed by atoms with van der Waals surface area (Å²) in [5.74, 6) is 0.346. The van der Waals surface area contributed by atoms with E-state index in [1.807, 2.05) is 0 Å². The first-order valence-corrected chi connectivity index (χ1v) is 7.19. The molecule has 6 N–H and O–H groups in total. The van der Waals surface area contributed by atoms with E-state index in [4.69, 9.17) is 10.5 Å². The Kier molecular flexibility index (Phi) is 3.75. The summed E-state index contributed by atoms with van der Waals surface area (Å²) < 4.78 is 5.05. The largest absolute Gasteiger partial charge is 0.508 e. The first kappa shape index (κ1) is 15.1. The number of aromatic amines is 1. The molecule has 0 atom stereocenters. The summed E-state index contributed by atoms with van der Waals surface area (Å²) in [6.07, 6.45) is 0.561. The Hall–Kier alpha value is -2.86. The van der Waals surface area contributed by atoms with Crippen LogP contribution in [-0.4, -0.2) is 34.0 Å². The Labute approximate surface area is 132 Å². The summed E-state index contributed by atoms with van der Waals surface area (Å²) in [6, 6.07) is 7.92. The van der Waals surface area contributed by atoms with Crippen molar-refractivity contribution in [2.45, 2.75) is 6.42 Å². The zero-order chi connectivity index (χ0) is 16.6. The van der Waals surface area contributed by atoms with Crippen LogP contribution in [0.2, 0.25) is 0 Å². The van der Waals surface area contributed by atoms with Crippen LogP contribution in [0.3, 0.4) is 0 Å². The molecule has 6 nitrogen and oxygen atoms in total. The average Bonchev–Trinajstić information content (AvgIpc) is 2.87. The minimum absolute atomic E-state index is 0.0172. The molecule has 0 unspecified atom stereocenters. The number of aromatic hydroxyl groups is 3. The number of rotatable bonds is 4. The highest BCUT2D eigenvalue weighted by Crippen LogP contribution is 2.39. The lowest BCUT2D eigenvalue weighted by molar-refractivity contribution is 0.373. The zero-order valence-electron chi connectivity index (χ0n) is 12.6. The molecule has 0 amide bonds. The zero-order valence-corrected chi connectivity index (χ0v) is 12.6. The summed E-state index contributed by atoms with van der Waals surface area (Å²) in [7, 11) is 1.48. The van der Waals surface area contributed by atoms with Crippen molar-refractivity contribution in [3.05, 3.63) is 35.9 Å². The van der Waals surface area contributed by atoms with Crippen LogP contribution < -0.4 is 10.5 Å². The second-order valence-corrected chi connectivity index (χ2v) is 5.29. The lowest BCUT2D eigenvalue weighted by atomic mass is 10.0. The van der Waals surface area contributed by atoms with Crippen LogP contribution in [0, 0.1) is 0 Å².